The zero-order valence-corrected chi connectivity index (χ0v) is 19.5. The van der Waals surface area contributed by atoms with E-state index in [2.05, 4.69) is 34.8 Å². The lowest BCUT2D eigenvalue weighted by Gasteiger charge is -2.33. The standard InChI is InChI=1S/C24H29N5O2S/c1-4-7-20-26-27-24-29(20)28-21(17-10-14-19(15-11-17)31-6-3)22(32-24)23(30)25-18-12-8-16(5-2)9-13-18/h8-15,21-22,28H,4-7H2,1-3H3,(H,25,30)/t21-,22+/m1/s1. The largest absolute Gasteiger partial charge is 0.494 e. The Bertz CT molecular complexity index is 1050. The first kappa shape index (κ1) is 22.2. The van der Waals surface area contributed by atoms with E-state index >= 15 is 0 Å². The number of anilines is 1. The molecule has 0 fully saturated rings. The third kappa shape index (κ3) is 4.75. The van der Waals surface area contributed by atoms with Crippen LogP contribution in [0.2, 0.25) is 0 Å². The van der Waals surface area contributed by atoms with Gasteiger partial charge in [-0.15, -0.1) is 10.2 Å². The maximum Gasteiger partial charge on any atom is 0.240 e. The first-order valence-electron chi connectivity index (χ1n) is 11.1. The highest BCUT2D eigenvalue weighted by molar-refractivity contribution is 8.00. The summed E-state index contributed by atoms with van der Waals surface area (Å²) in [4.78, 5) is 13.4. The van der Waals surface area contributed by atoms with E-state index in [1.54, 1.807) is 0 Å². The summed E-state index contributed by atoms with van der Waals surface area (Å²) in [6.07, 6.45) is 2.75. The molecule has 1 aliphatic heterocycles. The molecule has 2 N–H and O–H groups in total. The van der Waals surface area contributed by atoms with E-state index in [4.69, 9.17) is 4.74 Å². The van der Waals surface area contributed by atoms with Crippen LogP contribution in [0, 0.1) is 0 Å². The average molecular weight is 452 g/mol. The number of aryl methyl sites for hydroxylation is 2. The Hall–Kier alpha value is -3.00. The SMILES string of the molecule is CCCc1nnc2n1N[C@H](c1ccc(OCC)cc1)[C@@H](C(=O)Nc1ccc(CC)cc1)S2. The number of nitrogens with zero attached hydrogens (tertiary/aromatic N) is 3. The van der Waals surface area contributed by atoms with Crippen LogP contribution in [0.25, 0.3) is 0 Å². The first-order valence-corrected chi connectivity index (χ1v) is 12.0. The van der Waals surface area contributed by atoms with Gasteiger partial charge in [-0.05, 0) is 55.2 Å². The Morgan fingerprint density at radius 3 is 2.50 bits per heavy atom. The summed E-state index contributed by atoms with van der Waals surface area (Å²) < 4.78 is 7.51. The Labute approximate surface area is 192 Å². The molecule has 4 rings (SSSR count). The molecule has 1 aromatic heterocycles. The summed E-state index contributed by atoms with van der Waals surface area (Å²) in [6, 6.07) is 15.6. The lowest BCUT2D eigenvalue weighted by atomic mass is 10.0. The molecule has 3 aromatic rings. The molecule has 2 aromatic carbocycles. The lowest BCUT2D eigenvalue weighted by molar-refractivity contribution is -0.116. The number of hydrogen-bond acceptors (Lipinski definition) is 6. The summed E-state index contributed by atoms with van der Waals surface area (Å²) in [6.45, 7) is 6.80. The maximum atomic E-state index is 13.4. The molecule has 0 radical (unpaired) electrons. The van der Waals surface area contributed by atoms with E-state index in [0.717, 1.165) is 42.1 Å². The summed E-state index contributed by atoms with van der Waals surface area (Å²) in [7, 11) is 0. The van der Waals surface area contributed by atoms with E-state index in [1.807, 2.05) is 60.1 Å². The van der Waals surface area contributed by atoms with Crippen molar-refractivity contribution in [3.05, 3.63) is 65.5 Å². The minimum absolute atomic E-state index is 0.0723. The minimum Gasteiger partial charge on any atom is -0.494 e. The molecule has 2 atom stereocenters. The second-order valence-corrected chi connectivity index (χ2v) is 8.78. The predicted molar refractivity (Wildman–Crippen MR) is 128 cm³/mol. The smallest absolute Gasteiger partial charge is 0.240 e. The van der Waals surface area contributed by atoms with Gasteiger partial charge in [0, 0.05) is 12.1 Å². The number of aromatic nitrogens is 3. The quantitative estimate of drug-likeness (QED) is 0.521. The normalized spacial score (nSPS) is 17.3. The molecule has 0 aliphatic carbocycles. The summed E-state index contributed by atoms with van der Waals surface area (Å²) in [5.74, 6) is 1.62. The number of benzene rings is 2. The van der Waals surface area contributed by atoms with Crippen molar-refractivity contribution in [1.29, 1.82) is 0 Å². The molecule has 1 aliphatic rings. The summed E-state index contributed by atoms with van der Waals surface area (Å²) in [5.41, 5.74) is 6.53. The van der Waals surface area contributed by atoms with E-state index in [0.29, 0.717) is 11.8 Å². The van der Waals surface area contributed by atoms with Gasteiger partial charge in [-0.25, -0.2) is 4.68 Å². The topological polar surface area (TPSA) is 81.1 Å². The number of ether oxygens (including phenoxy) is 1. The van der Waals surface area contributed by atoms with Crippen molar-refractivity contribution in [2.75, 3.05) is 17.3 Å². The van der Waals surface area contributed by atoms with Crippen LogP contribution in [0.15, 0.2) is 53.7 Å². The Kier molecular flexibility index (Phi) is 6.99. The van der Waals surface area contributed by atoms with Gasteiger partial charge >= 0.3 is 0 Å². The Morgan fingerprint density at radius 2 is 1.84 bits per heavy atom. The van der Waals surface area contributed by atoms with E-state index in [9.17, 15) is 4.79 Å². The average Bonchev–Trinajstić information content (AvgIpc) is 3.21. The van der Waals surface area contributed by atoms with Crippen LogP contribution in [0.3, 0.4) is 0 Å². The van der Waals surface area contributed by atoms with Gasteiger partial charge in [0.15, 0.2) is 5.82 Å². The zero-order valence-electron chi connectivity index (χ0n) is 18.7. The number of hydrogen-bond donors (Lipinski definition) is 2. The number of carbonyl (C=O) groups excluding carboxylic acids is 1. The van der Waals surface area contributed by atoms with Gasteiger partial charge in [0.2, 0.25) is 11.1 Å². The van der Waals surface area contributed by atoms with Crippen molar-refractivity contribution in [1.82, 2.24) is 14.9 Å². The highest BCUT2D eigenvalue weighted by Crippen LogP contribution is 2.38. The molecule has 2 heterocycles. The Balaban J connectivity index is 1.62. The van der Waals surface area contributed by atoms with Gasteiger partial charge < -0.3 is 15.5 Å². The monoisotopic (exact) mass is 451 g/mol. The first-order chi connectivity index (χ1) is 15.6. The van der Waals surface area contributed by atoms with Crippen LogP contribution in [-0.4, -0.2) is 32.6 Å². The van der Waals surface area contributed by atoms with Crippen LogP contribution in [0.1, 0.15) is 50.2 Å². The van der Waals surface area contributed by atoms with Gasteiger partial charge in [-0.2, -0.15) is 0 Å². The fraction of sp³-hybridized carbons (Fsp3) is 0.375. The molecule has 168 valence electrons. The van der Waals surface area contributed by atoms with Crippen LogP contribution in [-0.2, 0) is 17.6 Å². The van der Waals surface area contributed by atoms with Gasteiger partial charge in [0.25, 0.3) is 0 Å². The van der Waals surface area contributed by atoms with E-state index in [1.165, 1.54) is 17.3 Å². The highest BCUT2D eigenvalue weighted by atomic mass is 32.2. The molecule has 0 spiro atoms. The number of amides is 1. The van der Waals surface area contributed by atoms with Crippen LogP contribution < -0.4 is 15.5 Å². The van der Waals surface area contributed by atoms with Crippen LogP contribution in [0.4, 0.5) is 5.69 Å². The second kappa shape index (κ2) is 10.1. The van der Waals surface area contributed by atoms with E-state index < -0.39 is 5.25 Å². The highest BCUT2D eigenvalue weighted by Gasteiger charge is 2.37. The van der Waals surface area contributed by atoms with Gasteiger partial charge in [0.1, 0.15) is 11.0 Å². The van der Waals surface area contributed by atoms with Crippen LogP contribution >= 0.6 is 11.8 Å². The fourth-order valence-corrected chi connectivity index (χ4v) is 4.81. The third-order valence-electron chi connectivity index (χ3n) is 5.42. The molecule has 0 unspecified atom stereocenters. The third-order valence-corrected chi connectivity index (χ3v) is 6.63. The molecule has 1 amide bonds. The molecule has 8 heteroatoms. The minimum atomic E-state index is -0.412. The maximum absolute atomic E-state index is 13.4. The molecule has 0 saturated carbocycles. The number of fused-ring (bicyclic) bond motifs is 1. The molecule has 0 saturated heterocycles. The Morgan fingerprint density at radius 1 is 1.09 bits per heavy atom. The van der Waals surface area contributed by atoms with Gasteiger partial charge in [-0.1, -0.05) is 49.9 Å². The number of rotatable bonds is 8. The van der Waals surface area contributed by atoms with Crippen molar-refractivity contribution in [2.24, 2.45) is 0 Å². The molecule has 0 bridgehead atoms. The lowest BCUT2D eigenvalue weighted by Crippen LogP contribution is -2.41. The van der Waals surface area contributed by atoms with Crippen molar-refractivity contribution in [2.45, 2.75) is 56.5 Å². The predicted octanol–water partition coefficient (Wildman–Crippen LogP) is 4.59. The van der Waals surface area contributed by atoms with Gasteiger partial charge in [-0.3, -0.25) is 4.79 Å². The fourth-order valence-electron chi connectivity index (χ4n) is 3.71. The number of nitrogens with one attached hydrogen (secondary N) is 2. The molecular weight excluding hydrogens is 422 g/mol. The second-order valence-electron chi connectivity index (χ2n) is 7.67. The van der Waals surface area contributed by atoms with Gasteiger partial charge in [0.05, 0.1) is 12.6 Å². The van der Waals surface area contributed by atoms with Crippen molar-refractivity contribution >= 4 is 23.4 Å². The van der Waals surface area contributed by atoms with Crippen molar-refractivity contribution in [3.8, 4) is 5.75 Å². The molecule has 32 heavy (non-hydrogen) atoms. The van der Waals surface area contributed by atoms with E-state index in [-0.39, 0.29) is 11.9 Å². The number of thioether (sulfide) groups is 1. The summed E-state index contributed by atoms with van der Waals surface area (Å²) >= 11 is 1.44. The zero-order chi connectivity index (χ0) is 22.5. The van der Waals surface area contributed by atoms with Crippen molar-refractivity contribution < 1.29 is 9.53 Å². The van der Waals surface area contributed by atoms with Crippen molar-refractivity contribution in [3.63, 3.8) is 0 Å². The molecule has 7 nitrogen and oxygen atoms in total. The number of carbonyl (C=O) groups is 1. The van der Waals surface area contributed by atoms with Crippen LogP contribution in [0.5, 0.6) is 5.75 Å². The molecular formula is C24H29N5O2S. The summed E-state index contributed by atoms with van der Waals surface area (Å²) in [5, 5.41) is 12.0.